The van der Waals surface area contributed by atoms with Crippen LogP contribution in [0.2, 0.25) is 0 Å². The second kappa shape index (κ2) is 8.54. The highest BCUT2D eigenvalue weighted by Crippen LogP contribution is 2.27. The quantitative estimate of drug-likeness (QED) is 0.441. The van der Waals surface area contributed by atoms with Gasteiger partial charge in [0.05, 0.1) is 4.47 Å². The van der Waals surface area contributed by atoms with Crippen LogP contribution in [0.4, 0.5) is 5.69 Å². The molecule has 25 heavy (non-hydrogen) atoms. The molecule has 3 rings (SSSR count). The summed E-state index contributed by atoms with van der Waals surface area (Å²) >= 11 is 7.06. The monoisotopic (exact) mass is 459 g/mol. The van der Waals surface area contributed by atoms with E-state index in [-0.39, 0.29) is 0 Å². The molecule has 0 spiro atoms. The first-order chi connectivity index (χ1) is 12.1. The Hall–Kier alpha value is -1.78. The van der Waals surface area contributed by atoms with Crippen LogP contribution in [0.1, 0.15) is 16.7 Å². The smallest absolute Gasteiger partial charge is 0.134 e. The predicted molar refractivity (Wildman–Crippen MR) is 111 cm³/mol. The molecule has 0 saturated heterocycles. The van der Waals surface area contributed by atoms with E-state index < -0.39 is 0 Å². The number of benzene rings is 3. The number of hydrogen-bond donors (Lipinski definition) is 1. The maximum absolute atomic E-state index is 5.92. The fourth-order valence-electron chi connectivity index (χ4n) is 2.48. The molecule has 0 radical (unpaired) electrons. The summed E-state index contributed by atoms with van der Waals surface area (Å²) in [5.41, 5.74) is 4.75. The number of halogens is 2. The van der Waals surface area contributed by atoms with E-state index in [4.69, 9.17) is 4.74 Å². The topological polar surface area (TPSA) is 21.3 Å². The Labute approximate surface area is 165 Å². The Bertz CT molecular complexity index is 847. The third-order valence-corrected chi connectivity index (χ3v) is 5.08. The number of hydrogen-bond acceptors (Lipinski definition) is 2. The largest absolute Gasteiger partial charge is 0.488 e. The van der Waals surface area contributed by atoms with Crippen LogP contribution >= 0.6 is 31.9 Å². The zero-order valence-electron chi connectivity index (χ0n) is 13.9. The van der Waals surface area contributed by atoms with Crippen molar-refractivity contribution in [1.82, 2.24) is 0 Å². The van der Waals surface area contributed by atoms with E-state index in [0.717, 1.165) is 32.5 Å². The molecule has 0 aliphatic rings. The summed E-state index contributed by atoms with van der Waals surface area (Å²) < 4.78 is 7.96. The molecular weight excluding hydrogens is 442 g/mol. The number of rotatable bonds is 6. The third-order valence-electron chi connectivity index (χ3n) is 3.93. The van der Waals surface area contributed by atoms with Crippen LogP contribution in [0.5, 0.6) is 5.75 Å². The first-order valence-corrected chi connectivity index (χ1v) is 9.65. The molecule has 1 N–H and O–H groups in total. The molecule has 0 unspecified atom stereocenters. The summed E-state index contributed by atoms with van der Waals surface area (Å²) in [5.74, 6) is 0.850. The van der Waals surface area contributed by atoms with E-state index in [1.54, 1.807) is 0 Å². The number of ether oxygens (including phenoxy) is 1. The van der Waals surface area contributed by atoms with Crippen LogP contribution in [-0.2, 0) is 13.2 Å². The molecule has 4 heteroatoms. The van der Waals surface area contributed by atoms with E-state index in [2.05, 4.69) is 86.6 Å². The van der Waals surface area contributed by atoms with Gasteiger partial charge >= 0.3 is 0 Å². The Balaban J connectivity index is 1.60. The molecule has 0 saturated carbocycles. The normalized spacial score (nSPS) is 10.5. The van der Waals surface area contributed by atoms with Crippen LogP contribution in [-0.4, -0.2) is 0 Å². The second-order valence-electron chi connectivity index (χ2n) is 5.85. The highest BCUT2D eigenvalue weighted by atomic mass is 79.9. The fraction of sp³-hybridized carbons (Fsp3) is 0.143. The maximum atomic E-state index is 5.92. The highest BCUT2D eigenvalue weighted by Gasteiger charge is 2.04. The zero-order valence-corrected chi connectivity index (χ0v) is 17.1. The molecule has 0 aliphatic heterocycles. The van der Waals surface area contributed by atoms with Gasteiger partial charge in [0.1, 0.15) is 12.4 Å². The van der Waals surface area contributed by atoms with Crippen LogP contribution < -0.4 is 10.1 Å². The van der Waals surface area contributed by atoms with E-state index in [1.165, 1.54) is 11.1 Å². The number of nitrogens with one attached hydrogen (secondary N) is 1. The number of aryl methyl sites for hydroxylation is 1. The molecule has 0 atom stereocenters. The van der Waals surface area contributed by atoms with Crippen molar-refractivity contribution >= 4 is 37.5 Å². The van der Waals surface area contributed by atoms with Gasteiger partial charge in [0.15, 0.2) is 0 Å². The van der Waals surface area contributed by atoms with Gasteiger partial charge < -0.3 is 10.1 Å². The predicted octanol–water partition coefficient (Wildman–Crippen LogP) is 6.71. The molecule has 3 aromatic rings. The molecule has 128 valence electrons. The Kier molecular flexibility index (Phi) is 6.16. The summed E-state index contributed by atoms with van der Waals surface area (Å²) in [6.07, 6.45) is 0. The summed E-state index contributed by atoms with van der Waals surface area (Å²) in [6.45, 7) is 3.43. The minimum atomic E-state index is 0.548. The van der Waals surface area contributed by atoms with Gasteiger partial charge in [0, 0.05) is 16.7 Å². The van der Waals surface area contributed by atoms with Gasteiger partial charge in [-0.15, -0.1) is 0 Å². The van der Waals surface area contributed by atoms with Crippen molar-refractivity contribution in [3.8, 4) is 5.75 Å². The van der Waals surface area contributed by atoms with E-state index in [1.807, 2.05) is 24.3 Å². The van der Waals surface area contributed by atoms with Gasteiger partial charge in [-0.2, -0.15) is 0 Å². The minimum Gasteiger partial charge on any atom is -0.488 e. The molecule has 0 fully saturated rings. The first-order valence-electron chi connectivity index (χ1n) is 8.07. The summed E-state index contributed by atoms with van der Waals surface area (Å²) in [5, 5.41) is 3.47. The SMILES string of the molecule is Cc1ccccc1NCc1ccc(OCc2ccc(Br)cc2)c(Br)c1. The number of anilines is 1. The number of para-hydroxylation sites is 1. The molecule has 0 bridgehead atoms. The second-order valence-corrected chi connectivity index (χ2v) is 7.62. The molecule has 3 aromatic carbocycles. The molecular formula is C21H19Br2NO. The zero-order chi connectivity index (χ0) is 17.6. The van der Waals surface area contributed by atoms with Gasteiger partial charge in [-0.05, 0) is 69.9 Å². The van der Waals surface area contributed by atoms with Crippen LogP contribution in [0.3, 0.4) is 0 Å². The van der Waals surface area contributed by atoms with Crippen molar-refractivity contribution < 1.29 is 4.74 Å². The van der Waals surface area contributed by atoms with Gasteiger partial charge in [0.2, 0.25) is 0 Å². The van der Waals surface area contributed by atoms with Crippen molar-refractivity contribution in [1.29, 1.82) is 0 Å². The summed E-state index contributed by atoms with van der Waals surface area (Å²) in [7, 11) is 0. The van der Waals surface area contributed by atoms with E-state index >= 15 is 0 Å². The molecule has 0 aliphatic carbocycles. The molecule has 0 aromatic heterocycles. The van der Waals surface area contributed by atoms with Crippen molar-refractivity contribution in [2.45, 2.75) is 20.1 Å². The van der Waals surface area contributed by atoms with E-state index in [0.29, 0.717) is 6.61 Å². The lowest BCUT2D eigenvalue weighted by Gasteiger charge is -2.12. The fourth-order valence-corrected chi connectivity index (χ4v) is 3.29. The molecule has 0 amide bonds. The summed E-state index contributed by atoms with van der Waals surface area (Å²) in [4.78, 5) is 0. The lowest BCUT2D eigenvalue weighted by Crippen LogP contribution is -2.01. The van der Waals surface area contributed by atoms with E-state index in [9.17, 15) is 0 Å². The first kappa shape index (κ1) is 18.0. The Morgan fingerprint density at radius 3 is 2.32 bits per heavy atom. The lowest BCUT2D eigenvalue weighted by molar-refractivity contribution is 0.304. The third kappa shape index (κ3) is 5.10. The van der Waals surface area contributed by atoms with Crippen LogP contribution in [0, 0.1) is 6.92 Å². The van der Waals surface area contributed by atoms with Crippen molar-refractivity contribution in [3.63, 3.8) is 0 Å². The molecule has 0 heterocycles. The van der Waals surface area contributed by atoms with Gasteiger partial charge in [0.25, 0.3) is 0 Å². The van der Waals surface area contributed by atoms with Crippen LogP contribution in [0.15, 0.2) is 75.7 Å². The Morgan fingerprint density at radius 2 is 1.60 bits per heavy atom. The Morgan fingerprint density at radius 1 is 0.880 bits per heavy atom. The average Bonchev–Trinajstić information content (AvgIpc) is 2.62. The van der Waals surface area contributed by atoms with Crippen LogP contribution in [0.25, 0.3) is 0 Å². The van der Waals surface area contributed by atoms with Gasteiger partial charge in [-0.3, -0.25) is 0 Å². The van der Waals surface area contributed by atoms with Crippen molar-refractivity contribution in [3.05, 3.63) is 92.4 Å². The average molecular weight is 461 g/mol. The summed E-state index contributed by atoms with van der Waals surface area (Å²) in [6, 6.07) is 22.7. The van der Waals surface area contributed by atoms with Gasteiger partial charge in [-0.1, -0.05) is 52.3 Å². The standard InChI is InChI=1S/C21H19Br2NO/c1-15-4-2-3-5-20(15)24-13-17-8-11-21(19(23)12-17)25-14-16-6-9-18(22)10-7-16/h2-12,24H,13-14H2,1H3. The van der Waals surface area contributed by atoms with Crippen molar-refractivity contribution in [2.24, 2.45) is 0 Å². The molecule has 2 nitrogen and oxygen atoms in total. The van der Waals surface area contributed by atoms with Crippen molar-refractivity contribution in [2.75, 3.05) is 5.32 Å². The lowest BCUT2D eigenvalue weighted by atomic mass is 10.1. The maximum Gasteiger partial charge on any atom is 0.134 e. The van der Waals surface area contributed by atoms with Gasteiger partial charge in [-0.25, -0.2) is 0 Å². The highest BCUT2D eigenvalue weighted by molar-refractivity contribution is 9.10. The minimum absolute atomic E-state index is 0.548.